The van der Waals surface area contributed by atoms with Crippen LogP contribution in [-0.4, -0.2) is 42.4 Å². The van der Waals surface area contributed by atoms with Crippen molar-refractivity contribution in [3.63, 3.8) is 0 Å². The fourth-order valence-corrected chi connectivity index (χ4v) is 3.24. The summed E-state index contributed by atoms with van der Waals surface area (Å²) in [5.41, 5.74) is 4.60. The van der Waals surface area contributed by atoms with Crippen LogP contribution in [0.5, 0.6) is 0 Å². The molecule has 0 bridgehead atoms. The standard InChI is InChI=1S/C22H22N6O/c1-16-12-13-24-28(16)21-10-6-19(7-11-21)22(29)26(3)17(2)18-4-8-20(9-5-18)27-15-23-14-25-27/h4-15,17H,1-3H3/t17-/m0/s1. The van der Waals surface area contributed by atoms with Gasteiger partial charge in [0.05, 0.1) is 17.4 Å². The normalized spacial score (nSPS) is 12.0. The summed E-state index contributed by atoms with van der Waals surface area (Å²) in [5, 5.41) is 8.43. The maximum atomic E-state index is 13.0. The van der Waals surface area contributed by atoms with Gasteiger partial charge in [0.1, 0.15) is 12.7 Å². The van der Waals surface area contributed by atoms with Crippen molar-refractivity contribution in [2.75, 3.05) is 7.05 Å². The van der Waals surface area contributed by atoms with Gasteiger partial charge < -0.3 is 4.90 Å². The second-order valence-corrected chi connectivity index (χ2v) is 6.95. The summed E-state index contributed by atoms with van der Waals surface area (Å²) in [6.45, 7) is 4.01. The van der Waals surface area contributed by atoms with E-state index in [2.05, 4.69) is 15.2 Å². The fourth-order valence-electron chi connectivity index (χ4n) is 3.24. The first kappa shape index (κ1) is 18.6. The largest absolute Gasteiger partial charge is 0.335 e. The predicted octanol–water partition coefficient (Wildman–Crippen LogP) is 3.59. The van der Waals surface area contributed by atoms with Crippen molar-refractivity contribution in [2.45, 2.75) is 19.9 Å². The molecule has 0 aliphatic heterocycles. The van der Waals surface area contributed by atoms with Crippen molar-refractivity contribution in [3.05, 3.63) is 90.3 Å². The lowest BCUT2D eigenvalue weighted by Gasteiger charge is -2.25. The lowest BCUT2D eigenvalue weighted by Crippen LogP contribution is -2.29. The molecule has 1 amide bonds. The highest BCUT2D eigenvalue weighted by Crippen LogP contribution is 2.22. The van der Waals surface area contributed by atoms with Crippen LogP contribution in [0.4, 0.5) is 0 Å². The fraction of sp³-hybridized carbons (Fsp3) is 0.182. The second-order valence-electron chi connectivity index (χ2n) is 6.95. The third-order valence-electron chi connectivity index (χ3n) is 5.15. The predicted molar refractivity (Wildman–Crippen MR) is 110 cm³/mol. The molecule has 2 heterocycles. The topological polar surface area (TPSA) is 68.8 Å². The number of carbonyl (C=O) groups is 1. The SMILES string of the molecule is Cc1ccnn1-c1ccc(C(=O)N(C)[C@@H](C)c2ccc(-n3cncn3)cc2)cc1. The number of rotatable bonds is 5. The lowest BCUT2D eigenvalue weighted by atomic mass is 10.1. The Kier molecular flexibility index (Phi) is 4.95. The van der Waals surface area contributed by atoms with Crippen molar-refractivity contribution in [2.24, 2.45) is 0 Å². The van der Waals surface area contributed by atoms with E-state index in [-0.39, 0.29) is 11.9 Å². The van der Waals surface area contributed by atoms with Crippen LogP contribution in [0.25, 0.3) is 11.4 Å². The first-order chi connectivity index (χ1) is 14.0. The molecule has 4 aromatic rings. The first-order valence-electron chi connectivity index (χ1n) is 9.38. The molecule has 0 unspecified atom stereocenters. The molecule has 0 N–H and O–H groups in total. The van der Waals surface area contributed by atoms with Gasteiger partial charge in [-0.15, -0.1) is 0 Å². The van der Waals surface area contributed by atoms with Crippen molar-refractivity contribution in [1.29, 1.82) is 0 Å². The molecule has 2 aromatic carbocycles. The van der Waals surface area contributed by atoms with Crippen LogP contribution < -0.4 is 0 Å². The molecule has 7 heteroatoms. The number of hydrogen-bond acceptors (Lipinski definition) is 4. The first-order valence-corrected chi connectivity index (χ1v) is 9.38. The van der Waals surface area contributed by atoms with E-state index in [1.54, 1.807) is 22.1 Å². The average molecular weight is 386 g/mol. The minimum Gasteiger partial charge on any atom is -0.335 e. The van der Waals surface area contributed by atoms with Gasteiger partial charge in [-0.05, 0) is 61.9 Å². The monoisotopic (exact) mass is 386 g/mol. The van der Waals surface area contributed by atoms with E-state index in [4.69, 9.17) is 0 Å². The van der Waals surface area contributed by atoms with Crippen molar-refractivity contribution < 1.29 is 4.79 Å². The van der Waals surface area contributed by atoms with E-state index in [1.165, 1.54) is 6.33 Å². The zero-order valence-corrected chi connectivity index (χ0v) is 16.6. The third kappa shape index (κ3) is 3.67. The van der Waals surface area contributed by atoms with Gasteiger partial charge >= 0.3 is 0 Å². The van der Waals surface area contributed by atoms with Gasteiger partial charge in [0, 0.05) is 24.5 Å². The molecule has 146 valence electrons. The van der Waals surface area contributed by atoms with E-state index < -0.39 is 0 Å². The number of benzene rings is 2. The Bertz CT molecular complexity index is 1100. The van der Waals surface area contributed by atoms with Gasteiger partial charge in [-0.1, -0.05) is 12.1 Å². The second kappa shape index (κ2) is 7.71. The molecule has 0 saturated carbocycles. The maximum Gasteiger partial charge on any atom is 0.254 e. The summed E-state index contributed by atoms with van der Waals surface area (Å²) < 4.78 is 3.55. The maximum absolute atomic E-state index is 13.0. The number of aromatic nitrogens is 5. The van der Waals surface area contributed by atoms with E-state index in [0.29, 0.717) is 5.56 Å². The molecule has 29 heavy (non-hydrogen) atoms. The third-order valence-corrected chi connectivity index (χ3v) is 5.15. The van der Waals surface area contributed by atoms with Crippen LogP contribution in [0, 0.1) is 6.92 Å². The summed E-state index contributed by atoms with van der Waals surface area (Å²) in [5.74, 6) is -0.0263. The number of hydrogen-bond donors (Lipinski definition) is 0. The zero-order valence-electron chi connectivity index (χ0n) is 16.6. The minimum atomic E-state index is -0.0691. The van der Waals surface area contributed by atoms with Crippen LogP contribution in [0.15, 0.2) is 73.4 Å². The molecule has 4 rings (SSSR count). The van der Waals surface area contributed by atoms with Gasteiger partial charge in [-0.3, -0.25) is 4.79 Å². The van der Waals surface area contributed by atoms with Crippen LogP contribution in [0.2, 0.25) is 0 Å². The highest BCUT2D eigenvalue weighted by atomic mass is 16.2. The Morgan fingerprint density at radius 2 is 1.66 bits per heavy atom. The van der Waals surface area contributed by atoms with Gasteiger partial charge in [0.2, 0.25) is 0 Å². The van der Waals surface area contributed by atoms with Gasteiger partial charge in [-0.25, -0.2) is 14.3 Å². The molecule has 0 fully saturated rings. The quantitative estimate of drug-likeness (QED) is 0.526. The molecule has 0 spiro atoms. The molecule has 2 aromatic heterocycles. The summed E-state index contributed by atoms with van der Waals surface area (Å²) in [4.78, 5) is 18.7. The molecule has 1 atom stereocenters. The van der Waals surface area contributed by atoms with Crippen LogP contribution >= 0.6 is 0 Å². The molecular weight excluding hydrogens is 364 g/mol. The molecule has 0 radical (unpaired) electrons. The summed E-state index contributed by atoms with van der Waals surface area (Å²) in [6.07, 6.45) is 4.92. The highest BCUT2D eigenvalue weighted by molar-refractivity contribution is 5.94. The van der Waals surface area contributed by atoms with Crippen LogP contribution in [0.3, 0.4) is 0 Å². The number of amides is 1. The number of nitrogens with zero attached hydrogens (tertiary/aromatic N) is 6. The van der Waals surface area contributed by atoms with E-state index >= 15 is 0 Å². The van der Waals surface area contributed by atoms with Crippen LogP contribution in [-0.2, 0) is 0 Å². The van der Waals surface area contributed by atoms with Crippen LogP contribution in [0.1, 0.15) is 34.6 Å². The van der Waals surface area contributed by atoms with E-state index in [0.717, 1.165) is 22.6 Å². The van der Waals surface area contributed by atoms with E-state index in [1.807, 2.05) is 80.2 Å². The highest BCUT2D eigenvalue weighted by Gasteiger charge is 2.19. The molecular formula is C22H22N6O. The van der Waals surface area contributed by atoms with Gasteiger partial charge in [0.25, 0.3) is 5.91 Å². The smallest absolute Gasteiger partial charge is 0.254 e. The van der Waals surface area contributed by atoms with Crippen molar-refractivity contribution >= 4 is 5.91 Å². The number of carbonyl (C=O) groups excluding carboxylic acids is 1. The molecule has 0 saturated heterocycles. The van der Waals surface area contributed by atoms with Crippen molar-refractivity contribution in [1.82, 2.24) is 29.4 Å². The summed E-state index contributed by atoms with van der Waals surface area (Å²) in [6, 6.07) is 17.4. The number of aryl methyl sites for hydroxylation is 1. The minimum absolute atomic E-state index is 0.0263. The Morgan fingerprint density at radius 3 is 2.24 bits per heavy atom. The molecule has 7 nitrogen and oxygen atoms in total. The van der Waals surface area contributed by atoms with E-state index in [9.17, 15) is 4.79 Å². The van der Waals surface area contributed by atoms with Gasteiger partial charge in [-0.2, -0.15) is 10.2 Å². The average Bonchev–Trinajstić information content (AvgIpc) is 3.44. The Balaban J connectivity index is 1.49. The summed E-state index contributed by atoms with van der Waals surface area (Å²) in [7, 11) is 1.82. The Morgan fingerprint density at radius 1 is 0.966 bits per heavy atom. The zero-order chi connectivity index (χ0) is 20.4. The molecule has 0 aliphatic rings. The van der Waals surface area contributed by atoms with Gasteiger partial charge in [0.15, 0.2) is 0 Å². The molecule has 0 aliphatic carbocycles. The summed E-state index contributed by atoms with van der Waals surface area (Å²) >= 11 is 0. The Labute approximate surface area is 169 Å². The lowest BCUT2D eigenvalue weighted by molar-refractivity contribution is 0.0742. The Hall–Kier alpha value is -3.74. The van der Waals surface area contributed by atoms with Crippen molar-refractivity contribution in [3.8, 4) is 11.4 Å².